The van der Waals surface area contributed by atoms with Gasteiger partial charge in [-0.05, 0) is 56.0 Å². The molecule has 1 aromatic carbocycles. The van der Waals surface area contributed by atoms with Gasteiger partial charge in [0.25, 0.3) is 0 Å². The van der Waals surface area contributed by atoms with Crippen LogP contribution in [0.25, 0.3) is 0 Å². The second kappa shape index (κ2) is 9.67. The highest BCUT2D eigenvalue weighted by molar-refractivity contribution is 5.79. The molecule has 2 N–H and O–H groups in total. The van der Waals surface area contributed by atoms with Gasteiger partial charge in [0.05, 0.1) is 19.3 Å². The Morgan fingerprint density at radius 2 is 2.00 bits per heavy atom. The van der Waals surface area contributed by atoms with E-state index in [4.69, 9.17) is 4.74 Å². The Kier molecular flexibility index (Phi) is 7.26. The number of hydrogen-bond acceptors (Lipinski definition) is 3. The van der Waals surface area contributed by atoms with Gasteiger partial charge in [-0.3, -0.25) is 4.98 Å². The highest BCUT2D eigenvalue weighted by Crippen LogP contribution is 2.18. The van der Waals surface area contributed by atoms with Gasteiger partial charge < -0.3 is 15.4 Å². The van der Waals surface area contributed by atoms with Crippen molar-refractivity contribution < 1.29 is 4.74 Å². The molecular weight excluding hydrogens is 312 g/mol. The first-order chi connectivity index (χ1) is 12.1. The van der Waals surface area contributed by atoms with E-state index < -0.39 is 0 Å². The summed E-state index contributed by atoms with van der Waals surface area (Å²) in [5.41, 5.74) is 4.56. The lowest BCUT2D eigenvalue weighted by Crippen LogP contribution is -2.38. The Bertz CT molecular complexity index is 713. The Labute approximate surface area is 150 Å². The van der Waals surface area contributed by atoms with E-state index in [1.807, 2.05) is 12.3 Å². The summed E-state index contributed by atoms with van der Waals surface area (Å²) in [7, 11) is 1.71. The maximum atomic E-state index is 5.39. The lowest BCUT2D eigenvalue weighted by atomic mass is 10.1. The number of aromatic nitrogens is 1. The monoisotopic (exact) mass is 340 g/mol. The van der Waals surface area contributed by atoms with Gasteiger partial charge in [-0.1, -0.05) is 18.2 Å². The summed E-state index contributed by atoms with van der Waals surface area (Å²) in [5.74, 6) is 1.75. The summed E-state index contributed by atoms with van der Waals surface area (Å²) in [5, 5.41) is 6.66. The van der Waals surface area contributed by atoms with Crippen molar-refractivity contribution in [3.05, 3.63) is 58.9 Å². The lowest BCUT2D eigenvalue weighted by Gasteiger charge is -2.12. The number of aliphatic imine (C=N–C) groups is 1. The lowest BCUT2D eigenvalue weighted by molar-refractivity contribution is 0.411. The van der Waals surface area contributed by atoms with Crippen LogP contribution in [-0.4, -0.2) is 31.1 Å². The molecule has 134 valence electrons. The van der Waals surface area contributed by atoms with E-state index in [9.17, 15) is 0 Å². The van der Waals surface area contributed by atoms with Gasteiger partial charge in [-0.15, -0.1) is 0 Å². The fourth-order valence-corrected chi connectivity index (χ4v) is 2.52. The largest absolute Gasteiger partial charge is 0.496 e. The SMILES string of the molecule is CCNC(=NCc1ncccc1C)NCCc1ccc(C)c(OC)c1. The van der Waals surface area contributed by atoms with E-state index >= 15 is 0 Å². The summed E-state index contributed by atoms with van der Waals surface area (Å²) in [4.78, 5) is 9.02. The number of methoxy groups -OCH3 is 1. The highest BCUT2D eigenvalue weighted by Gasteiger charge is 2.03. The maximum Gasteiger partial charge on any atom is 0.191 e. The third-order valence-electron chi connectivity index (χ3n) is 4.03. The standard InChI is InChI=1S/C20H28N4O/c1-5-21-20(24-14-18-15(2)7-6-11-22-18)23-12-10-17-9-8-16(3)19(13-17)25-4/h6-9,11,13H,5,10,12,14H2,1-4H3,(H2,21,23,24). The molecule has 5 heteroatoms. The number of guanidine groups is 1. The number of pyridine rings is 1. The van der Waals surface area contributed by atoms with Crippen molar-refractivity contribution in [1.29, 1.82) is 0 Å². The molecule has 0 spiro atoms. The number of hydrogen-bond donors (Lipinski definition) is 2. The van der Waals surface area contributed by atoms with E-state index in [0.29, 0.717) is 6.54 Å². The summed E-state index contributed by atoms with van der Waals surface area (Å²) in [6.07, 6.45) is 2.71. The van der Waals surface area contributed by atoms with Crippen molar-refractivity contribution in [1.82, 2.24) is 15.6 Å². The van der Waals surface area contributed by atoms with Gasteiger partial charge in [0, 0.05) is 19.3 Å². The van der Waals surface area contributed by atoms with Gasteiger partial charge in [-0.2, -0.15) is 0 Å². The minimum absolute atomic E-state index is 0.570. The highest BCUT2D eigenvalue weighted by atomic mass is 16.5. The van der Waals surface area contributed by atoms with Crippen molar-refractivity contribution in [3.63, 3.8) is 0 Å². The van der Waals surface area contributed by atoms with Gasteiger partial charge >= 0.3 is 0 Å². The summed E-state index contributed by atoms with van der Waals surface area (Å²) < 4.78 is 5.39. The number of ether oxygens (including phenoxy) is 1. The quantitative estimate of drug-likeness (QED) is 0.601. The molecule has 0 amide bonds. The molecule has 0 aliphatic carbocycles. The number of rotatable bonds is 7. The molecule has 0 fully saturated rings. The second-order valence-corrected chi connectivity index (χ2v) is 5.94. The first kappa shape index (κ1) is 18.8. The van der Waals surface area contributed by atoms with E-state index in [1.54, 1.807) is 7.11 Å². The molecule has 0 unspecified atom stereocenters. The van der Waals surface area contributed by atoms with E-state index in [-0.39, 0.29) is 0 Å². The third kappa shape index (κ3) is 5.78. The van der Waals surface area contributed by atoms with Crippen molar-refractivity contribution >= 4 is 5.96 Å². The molecule has 1 heterocycles. The van der Waals surface area contributed by atoms with Gasteiger partial charge in [-0.25, -0.2) is 4.99 Å². The molecule has 0 aliphatic heterocycles. The number of aryl methyl sites for hydroxylation is 2. The first-order valence-electron chi connectivity index (χ1n) is 8.70. The molecule has 2 aromatic rings. The molecule has 0 saturated heterocycles. The van der Waals surface area contributed by atoms with Crippen LogP contribution in [0.1, 0.15) is 29.3 Å². The molecule has 0 atom stereocenters. The number of nitrogens with zero attached hydrogens (tertiary/aromatic N) is 2. The van der Waals surface area contributed by atoms with Gasteiger partial charge in [0.2, 0.25) is 0 Å². The zero-order chi connectivity index (χ0) is 18.1. The second-order valence-electron chi connectivity index (χ2n) is 5.94. The molecule has 0 bridgehead atoms. The zero-order valence-electron chi connectivity index (χ0n) is 15.6. The Morgan fingerprint density at radius 1 is 1.16 bits per heavy atom. The predicted octanol–water partition coefficient (Wildman–Crippen LogP) is 3.00. The predicted molar refractivity (Wildman–Crippen MR) is 103 cm³/mol. The summed E-state index contributed by atoms with van der Waals surface area (Å²) in [6, 6.07) is 10.3. The fourth-order valence-electron chi connectivity index (χ4n) is 2.52. The van der Waals surface area contributed by atoms with Crippen LogP contribution in [0.3, 0.4) is 0 Å². The molecule has 1 aromatic heterocycles. The zero-order valence-corrected chi connectivity index (χ0v) is 15.6. The average molecular weight is 340 g/mol. The molecule has 25 heavy (non-hydrogen) atoms. The van der Waals surface area contributed by atoms with Crippen molar-refractivity contribution in [2.45, 2.75) is 33.7 Å². The van der Waals surface area contributed by atoms with E-state index in [0.717, 1.165) is 48.0 Å². The molecule has 0 aliphatic rings. The molecule has 2 rings (SSSR count). The fraction of sp³-hybridized carbons (Fsp3) is 0.400. The average Bonchev–Trinajstić information content (AvgIpc) is 2.62. The van der Waals surface area contributed by atoms with Crippen LogP contribution in [0, 0.1) is 13.8 Å². The normalized spacial score (nSPS) is 11.3. The van der Waals surface area contributed by atoms with E-state index in [2.05, 4.69) is 65.6 Å². The molecular formula is C20H28N4O. The smallest absolute Gasteiger partial charge is 0.191 e. The molecule has 0 radical (unpaired) electrons. The van der Waals surface area contributed by atoms with E-state index in [1.165, 1.54) is 5.56 Å². The van der Waals surface area contributed by atoms with Gasteiger partial charge in [0.15, 0.2) is 5.96 Å². The van der Waals surface area contributed by atoms with Crippen LogP contribution < -0.4 is 15.4 Å². The van der Waals surface area contributed by atoms with Crippen LogP contribution in [0.5, 0.6) is 5.75 Å². The van der Waals surface area contributed by atoms with Crippen LogP contribution in [0.15, 0.2) is 41.5 Å². The molecule has 5 nitrogen and oxygen atoms in total. The maximum absolute atomic E-state index is 5.39. The van der Waals surface area contributed by atoms with Gasteiger partial charge in [0.1, 0.15) is 5.75 Å². The minimum Gasteiger partial charge on any atom is -0.496 e. The third-order valence-corrected chi connectivity index (χ3v) is 4.03. The van der Waals surface area contributed by atoms with Crippen LogP contribution in [0.2, 0.25) is 0 Å². The summed E-state index contributed by atoms with van der Waals surface area (Å²) >= 11 is 0. The number of nitrogens with one attached hydrogen (secondary N) is 2. The first-order valence-corrected chi connectivity index (χ1v) is 8.70. The minimum atomic E-state index is 0.570. The van der Waals surface area contributed by atoms with Crippen LogP contribution in [0.4, 0.5) is 0 Å². The number of benzene rings is 1. The van der Waals surface area contributed by atoms with Crippen molar-refractivity contribution in [2.75, 3.05) is 20.2 Å². The Morgan fingerprint density at radius 3 is 2.72 bits per heavy atom. The van der Waals surface area contributed by atoms with Crippen molar-refractivity contribution in [3.8, 4) is 5.75 Å². The van der Waals surface area contributed by atoms with Crippen molar-refractivity contribution in [2.24, 2.45) is 4.99 Å². The van der Waals surface area contributed by atoms with Crippen LogP contribution in [-0.2, 0) is 13.0 Å². The Hall–Kier alpha value is -2.56. The van der Waals surface area contributed by atoms with Crippen LogP contribution >= 0.6 is 0 Å². The summed E-state index contributed by atoms with van der Waals surface area (Å²) in [6.45, 7) is 8.37. The molecule has 0 saturated carbocycles. The Balaban J connectivity index is 1.93. The topological polar surface area (TPSA) is 58.5 Å².